The van der Waals surface area contributed by atoms with Crippen LogP contribution < -0.4 is 5.32 Å². The van der Waals surface area contributed by atoms with Gasteiger partial charge in [0.25, 0.3) is 0 Å². The van der Waals surface area contributed by atoms with Gasteiger partial charge < -0.3 is 5.32 Å². The average Bonchev–Trinajstić information content (AvgIpc) is 2.83. The fraction of sp³-hybridized carbons (Fsp3) is 0.533. The van der Waals surface area contributed by atoms with Crippen molar-refractivity contribution in [3.8, 4) is 0 Å². The quantitative estimate of drug-likeness (QED) is 0.876. The van der Waals surface area contributed by atoms with Gasteiger partial charge in [-0.2, -0.15) is 4.80 Å². The Bertz CT molecular complexity index is 561. The van der Waals surface area contributed by atoms with Crippen LogP contribution in [0.25, 0.3) is 0 Å². The summed E-state index contributed by atoms with van der Waals surface area (Å²) >= 11 is 0. The lowest BCUT2D eigenvalue weighted by atomic mass is 9.98. The van der Waals surface area contributed by atoms with Gasteiger partial charge in [-0.05, 0) is 48.7 Å². The minimum atomic E-state index is 0.235. The molecule has 0 aliphatic carbocycles. The standard InChI is InChI=1S/C15H23N5/c1-5-8-16-14(10-15-17-19-20(4)18-15)13-7-6-11(2)12(3)9-13/h6-7,9,14,16H,5,8,10H2,1-4H3. The van der Waals surface area contributed by atoms with Gasteiger partial charge in [0.2, 0.25) is 0 Å². The van der Waals surface area contributed by atoms with Crippen LogP contribution in [0.1, 0.15) is 41.9 Å². The Morgan fingerprint density at radius 2 is 2.05 bits per heavy atom. The van der Waals surface area contributed by atoms with Crippen LogP contribution in [0.5, 0.6) is 0 Å². The number of aromatic nitrogens is 4. The highest BCUT2D eigenvalue weighted by atomic mass is 15.6. The maximum absolute atomic E-state index is 4.28. The number of benzene rings is 1. The van der Waals surface area contributed by atoms with Gasteiger partial charge >= 0.3 is 0 Å². The summed E-state index contributed by atoms with van der Waals surface area (Å²) < 4.78 is 0. The van der Waals surface area contributed by atoms with Gasteiger partial charge in [-0.15, -0.1) is 10.2 Å². The molecule has 2 aromatic rings. The van der Waals surface area contributed by atoms with Crippen molar-refractivity contribution in [2.75, 3.05) is 6.54 Å². The number of rotatable bonds is 6. The van der Waals surface area contributed by atoms with Crippen LogP contribution in [0.2, 0.25) is 0 Å². The zero-order valence-electron chi connectivity index (χ0n) is 12.7. The summed E-state index contributed by atoms with van der Waals surface area (Å²) in [5.41, 5.74) is 3.92. The highest BCUT2D eigenvalue weighted by Gasteiger charge is 2.15. The van der Waals surface area contributed by atoms with Crippen molar-refractivity contribution >= 4 is 0 Å². The molecule has 0 spiro atoms. The predicted molar refractivity (Wildman–Crippen MR) is 79.5 cm³/mol. The molecule has 0 radical (unpaired) electrons. The molecule has 2 rings (SSSR count). The molecule has 5 heteroatoms. The lowest BCUT2D eigenvalue weighted by molar-refractivity contribution is 0.516. The summed E-state index contributed by atoms with van der Waals surface area (Å²) in [5.74, 6) is 0.777. The molecule has 0 aliphatic heterocycles. The van der Waals surface area contributed by atoms with E-state index in [9.17, 15) is 0 Å². The predicted octanol–water partition coefficient (Wildman–Crippen LogP) is 2.11. The second-order valence-electron chi connectivity index (χ2n) is 5.25. The molecular formula is C15H23N5. The summed E-state index contributed by atoms with van der Waals surface area (Å²) in [5, 5.41) is 15.8. The van der Waals surface area contributed by atoms with E-state index in [4.69, 9.17) is 0 Å². The van der Waals surface area contributed by atoms with E-state index in [0.717, 1.165) is 25.2 Å². The molecule has 1 aromatic carbocycles. The molecule has 20 heavy (non-hydrogen) atoms. The van der Waals surface area contributed by atoms with Crippen LogP contribution in [0, 0.1) is 13.8 Å². The lowest BCUT2D eigenvalue weighted by Crippen LogP contribution is -2.24. The number of nitrogens with zero attached hydrogens (tertiary/aromatic N) is 4. The number of hydrogen-bond acceptors (Lipinski definition) is 4. The molecular weight excluding hydrogens is 250 g/mol. The van der Waals surface area contributed by atoms with Gasteiger partial charge in [-0.25, -0.2) is 0 Å². The third kappa shape index (κ3) is 3.63. The Hall–Kier alpha value is -1.75. The maximum atomic E-state index is 4.28. The van der Waals surface area contributed by atoms with Gasteiger partial charge in [-0.3, -0.25) is 0 Å². The first-order chi connectivity index (χ1) is 9.60. The Balaban J connectivity index is 2.19. The van der Waals surface area contributed by atoms with Gasteiger partial charge in [0.05, 0.1) is 7.05 Å². The van der Waals surface area contributed by atoms with Crippen LogP contribution >= 0.6 is 0 Å². The summed E-state index contributed by atoms with van der Waals surface area (Å²) in [6.45, 7) is 7.44. The molecule has 5 nitrogen and oxygen atoms in total. The molecule has 1 aromatic heterocycles. The first-order valence-electron chi connectivity index (χ1n) is 7.13. The second-order valence-corrected chi connectivity index (χ2v) is 5.25. The Morgan fingerprint density at radius 1 is 1.25 bits per heavy atom. The molecule has 1 unspecified atom stereocenters. The Morgan fingerprint density at radius 3 is 2.65 bits per heavy atom. The third-order valence-corrected chi connectivity index (χ3v) is 3.51. The van der Waals surface area contributed by atoms with Gasteiger partial charge in [-0.1, -0.05) is 25.1 Å². The molecule has 0 fully saturated rings. The van der Waals surface area contributed by atoms with E-state index in [2.05, 4.69) is 59.7 Å². The van der Waals surface area contributed by atoms with E-state index >= 15 is 0 Å². The highest BCUT2D eigenvalue weighted by Crippen LogP contribution is 2.20. The third-order valence-electron chi connectivity index (χ3n) is 3.51. The molecule has 1 N–H and O–H groups in total. The normalized spacial score (nSPS) is 12.6. The van der Waals surface area contributed by atoms with E-state index < -0.39 is 0 Å². The van der Waals surface area contributed by atoms with Crippen molar-refractivity contribution in [3.05, 3.63) is 40.7 Å². The summed E-state index contributed by atoms with van der Waals surface area (Å²) in [6.07, 6.45) is 1.87. The minimum Gasteiger partial charge on any atom is -0.310 e. The lowest BCUT2D eigenvalue weighted by Gasteiger charge is -2.18. The van der Waals surface area contributed by atoms with Crippen LogP contribution in [0.15, 0.2) is 18.2 Å². The first kappa shape index (κ1) is 14.7. The molecule has 0 aliphatic rings. The van der Waals surface area contributed by atoms with E-state index in [1.165, 1.54) is 21.5 Å². The minimum absolute atomic E-state index is 0.235. The van der Waals surface area contributed by atoms with E-state index in [1.807, 2.05) is 0 Å². The van der Waals surface area contributed by atoms with Crippen molar-refractivity contribution in [2.24, 2.45) is 7.05 Å². The van der Waals surface area contributed by atoms with E-state index in [0.29, 0.717) is 0 Å². The molecule has 1 atom stereocenters. The zero-order chi connectivity index (χ0) is 14.5. The summed E-state index contributed by atoms with van der Waals surface area (Å²) in [4.78, 5) is 1.51. The smallest absolute Gasteiger partial charge is 0.176 e. The largest absolute Gasteiger partial charge is 0.310 e. The zero-order valence-corrected chi connectivity index (χ0v) is 12.7. The topological polar surface area (TPSA) is 55.6 Å². The SMILES string of the molecule is CCCNC(Cc1nnn(C)n1)c1ccc(C)c(C)c1. The van der Waals surface area contributed by atoms with Crippen molar-refractivity contribution in [1.29, 1.82) is 0 Å². The van der Waals surface area contributed by atoms with Crippen LogP contribution in [-0.4, -0.2) is 26.8 Å². The van der Waals surface area contributed by atoms with Gasteiger partial charge in [0.15, 0.2) is 5.82 Å². The molecule has 108 valence electrons. The summed E-state index contributed by atoms with van der Waals surface area (Å²) in [6, 6.07) is 6.85. The molecule has 0 saturated heterocycles. The van der Waals surface area contributed by atoms with E-state index in [1.54, 1.807) is 7.05 Å². The van der Waals surface area contributed by atoms with Crippen molar-refractivity contribution < 1.29 is 0 Å². The maximum Gasteiger partial charge on any atom is 0.176 e. The van der Waals surface area contributed by atoms with Crippen LogP contribution in [0.4, 0.5) is 0 Å². The Kier molecular flexibility index (Phi) is 4.84. The number of hydrogen-bond donors (Lipinski definition) is 1. The highest BCUT2D eigenvalue weighted by molar-refractivity contribution is 5.32. The monoisotopic (exact) mass is 273 g/mol. The first-order valence-corrected chi connectivity index (χ1v) is 7.13. The molecule has 0 saturated carbocycles. The van der Waals surface area contributed by atoms with Crippen molar-refractivity contribution in [3.63, 3.8) is 0 Å². The fourth-order valence-electron chi connectivity index (χ4n) is 2.20. The average molecular weight is 273 g/mol. The summed E-state index contributed by atoms with van der Waals surface area (Å²) in [7, 11) is 1.79. The number of nitrogens with one attached hydrogen (secondary N) is 1. The van der Waals surface area contributed by atoms with Gasteiger partial charge in [0, 0.05) is 12.5 Å². The second kappa shape index (κ2) is 6.61. The van der Waals surface area contributed by atoms with Crippen LogP contribution in [0.3, 0.4) is 0 Å². The number of aryl methyl sites for hydroxylation is 3. The molecule has 0 bridgehead atoms. The van der Waals surface area contributed by atoms with Crippen LogP contribution in [-0.2, 0) is 13.5 Å². The number of tetrazole rings is 1. The Labute approximate surface area is 120 Å². The van der Waals surface area contributed by atoms with Crippen molar-refractivity contribution in [1.82, 2.24) is 25.5 Å². The molecule has 1 heterocycles. The molecule has 0 amide bonds. The fourth-order valence-corrected chi connectivity index (χ4v) is 2.20. The van der Waals surface area contributed by atoms with Crippen molar-refractivity contribution in [2.45, 2.75) is 39.7 Å². The van der Waals surface area contributed by atoms with Gasteiger partial charge in [0.1, 0.15) is 0 Å². The van der Waals surface area contributed by atoms with E-state index in [-0.39, 0.29) is 6.04 Å².